The van der Waals surface area contributed by atoms with E-state index < -0.39 is 6.04 Å². The van der Waals surface area contributed by atoms with Crippen LogP contribution in [0.25, 0.3) is 0 Å². The number of halogens is 2. The highest BCUT2D eigenvalue weighted by molar-refractivity contribution is 6.35. The molecule has 35 heavy (non-hydrogen) atoms. The van der Waals surface area contributed by atoms with Crippen LogP contribution in [0.2, 0.25) is 10.0 Å². The van der Waals surface area contributed by atoms with E-state index in [-0.39, 0.29) is 18.2 Å². The lowest BCUT2D eigenvalue weighted by Crippen LogP contribution is -2.50. The van der Waals surface area contributed by atoms with Crippen molar-refractivity contribution in [3.05, 3.63) is 99.0 Å². The van der Waals surface area contributed by atoms with Gasteiger partial charge >= 0.3 is 0 Å². The van der Waals surface area contributed by atoms with Crippen LogP contribution in [0, 0.1) is 13.8 Å². The molecule has 3 aromatic rings. The van der Waals surface area contributed by atoms with E-state index in [1.807, 2.05) is 67.3 Å². The van der Waals surface area contributed by atoms with E-state index in [4.69, 9.17) is 27.9 Å². The van der Waals surface area contributed by atoms with Crippen LogP contribution in [0.4, 0.5) is 5.69 Å². The van der Waals surface area contributed by atoms with Gasteiger partial charge in [0.25, 0.3) is 5.91 Å². The number of imide groups is 1. The van der Waals surface area contributed by atoms with Gasteiger partial charge in [-0.25, -0.2) is 4.90 Å². The van der Waals surface area contributed by atoms with E-state index in [0.29, 0.717) is 47.6 Å². The molecular formula is C28H28Cl2N2O3. The van der Waals surface area contributed by atoms with Crippen molar-refractivity contribution in [2.24, 2.45) is 0 Å². The molecule has 0 unspecified atom stereocenters. The molecular weight excluding hydrogens is 483 g/mol. The zero-order chi connectivity index (χ0) is 24.9. The van der Waals surface area contributed by atoms with Gasteiger partial charge in [-0.1, -0.05) is 77.8 Å². The number of morpholine rings is 1. The number of benzene rings is 3. The van der Waals surface area contributed by atoms with Crippen LogP contribution in [-0.4, -0.2) is 43.0 Å². The Bertz CT molecular complexity index is 1190. The van der Waals surface area contributed by atoms with Gasteiger partial charge in [0.2, 0.25) is 5.91 Å². The average molecular weight is 511 g/mol. The van der Waals surface area contributed by atoms with Gasteiger partial charge in [0.15, 0.2) is 0 Å². The Morgan fingerprint density at radius 3 is 2.23 bits per heavy atom. The lowest BCUT2D eigenvalue weighted by atomic mass is 10.00. The number of amides is 2. The van der Waals surface area contributed by atoms with Crippen molar-refractivity contribution < 1.29 is 14.3 Å². The summed E-state index contributed by atoms with van der Waals surface area (Å²) in [5.41, 5.74) is 3.77. The molecule has 0 spiro atoms. The number of ether oxygens (including phenoxy) is 1. The largest absolute Gasteiger partial charge is 0.379 e. The number of aryl methyl sites for hydroxylation is 2. The fourth-order valence-corrected chi connectivity index (χ4v) is 5.04. The Kier molecular flexibility index (Phi) is 8.24. The maximum Gasteiger partial charge on any atom is 0.255 e. The number of para-hydroxylation sites is 1. The third-order valence-electron chi connectivity index (χ3n) is 6.23. The number of nitrogens with zero attached hydrogens (tertiary/aromatic N) is 2. The average Bonchev–Trinajstić information content (AvgIpc) is 2.84. The summed E-state index contributed by atoms with van der Waals surface area (Å²) in [6, 6.07) is 19.6. The summed E-state index contributed by atoms with van der Waals surface area (Å²) in [7, 11) is 0. The Hall–Kier alpha value is -2.70. The lowest BCUT2D eigenvalue weighted by molar-refractivity contribution is -0.131. The zero-order valence-corrected chi connectivity index (χ0v) is 21.4. The Morgan fingerprint density at radius 2 is 1.60 bits per heavy atom. The van der Waals surface area contributed by atoms with Crippen molar-refractivity contribution in [2.75, 3.05) is 31.2 Å². The number of rotatable bonds is 6. The molecule has 4 rings (SSSR count). The van der Waals surface area contributed by atoms with E-state index in [0.717, 1.165) is 16.7 Å². The summed E-state index contributed by atoms with van der Waals surface area (Å²) < 4.78 is 5.54. The molecule has 0 aromatic heterocycles. The molecule has 1 aliphatic heterocycles. The van der Waals surface area contributed by atoms with Crippen molar-refractivity contribution in [1.82, 2.24) is 4.90 Å². The minimum absolute atomic E-state index is 0.102. The first-order valence-electron chi connectivity index (χ1n) is 11.6. The Morgan fingerprint density at radius 1 is 0.943 bits per heavy atom. The molecule has 3 aromatic carbocycles. The normalized spacial score (nSPS) is 15.0. The number of hydrogen-bond donors (Lipinski definition) is 0. The van der Waals surface area contributed by atoms with Crippen LogP contribution in [0.1, 0.15) is 28.3 Å². The van der Waals surface area contributed by atoms with Gasteiger partial charge in [0.1, 0.15) is 6.04 Å². The van der Waals surface area contributed by atoms with Gasteiger partial charge in [-0.05, 0) is 48.2 Å². The monoisotopic (exact) mass is 510 g/mol. The molecule has 5 nitrogen and oxygen atoms in total. The molecule has 1 saturated heterocycles. The summed E-state index contributed by atoms with van der Waals surface area (Å²) in [6.45, 7) is 5.91. The van der Waals surface area contributed by atoms with Crippen molar-refractivity contribution in [1.29, 1.82) is 0 Å². The summed E-state index contributed by atoms with van der Waals surface area (Å²) >= 11 is 12.8. The van der Waals surface area contributed by atoms with E-state index >= 15 is 0 Å². The predicted octanol–water partition coefficient (Wildman–Crippen LogP) is 5.79. The molecule has 1 fully saturated rings. The molecule has 0 bridgehead atoms. The molecule has 1 heterocycles. The lowest BCUT2D eigenvalue weighted by Gasteiger charge is -2.37. The third kappa shape index (κ3) is 5.76. The summed E-state index contributed by atoms with van der Waals surface area (Å²) in [5.74, 6) is -0.628. The highest BCUT2D eigenvalue weighted by Crippen LogP contribution is 2.35. The molecule has 0 radical (unpaired) electrons. The van der Waals surface area contributed by atoms with E-state index in [1.54, 1.807) is 18.2 Å². The predicted molar refractivity (Wildman–Crippen MR) is 140 cm³/mol. The van der Waals surface area contributed by atoms with E-state index in [1.165, 1.54) is 4.90 Å². The number of carbonyl (C=O) groups excluding carboxylic acids is 2. The minimum Gasteiger partial charge on any atom is -0.379 e. The molecule has 7 heteroatoms. The van der Waals surface area contributed by atoms with Crippen LogP contribution < -0.4 is 4.90 Å². The van der Waals surface area contributed by atoms with Gasteiger partial charge < -0.3 is 4.74 Å². The fraction of sp³-hybridized carbons (Fsp3) is 0.286. The smallest absolute Gasteiger partial charge is 0.255 e. The zero-order valence-electron chi connectivity index (χ0n) is 19.8. The Balaban J connectivity index is 1.82. The van der Waals surface area contributed by atoms with Gasteiger partial charge in [-0.15, -0.1) is 0 Å². The first kappa shape index (κ1) is 25.4. The van der Waals surface area contributed by atoms with Crippen molar-refractivity contribution >= 4 is 40.7 Å². The standard InChI is InChI=1S/C28H28Cl2N2O3/c1-19-7-6-8-20(2)26(19)32(25(33)17-21-9-4-3-5-10-21)28(34)27(31-13-15-35-16-14-31)23-12-11-22(29)18-24(23)30/h3-12,18,27H,13-17H2,1-2H3/t27-/m1/s1. The van der Waals surface area contributed by atoms with E-state index in [2.05, 4.69) is 0 Å². The molecule has 1 aliphatic rings. The highest BCUT2D eigenvalue weighted by atomic mass is 35.5. The fourth-order valence-electron chi connectivity index (χ4n) is 4.53. The van der Waals surface area contributed by atoms with Crippen molar-refractivity contribution in [3.8, 4) is 0 Å². The van der Waals surface area contributed by atoms with Gasteiger partial charge in [-0.3, -0.25) is 14.5 Å². The summed E-state index contributed by atoms with van der Waals surface area (Å²) in [4.78, 5) is 31.6. The molecule has 1 atom stereocenters. The number of anilines is 1. The summed E-state index contributed by atoms with van der Waals surface area (Å²) in [5, 5.41) is 0.873. The Labute approximate surface area is 216 Å². The topological polar surface area (TPSA) is 49.9 Å². The molecule has 0 aliphatic carbocycles. The van der Waals surface area contributed by atoms with E-state index in [9.17, 15) is 9.59 Å². The second-order valence-electron chi connectivity index (χ2n) is 8.69. The van der Waals surface area contributed by atoms with Crippen LogP contribution in [-0.2, 0) is 20.7 Å². The third-order valence-corrected chi connectivity index (χ3v) is 6.80. The number of hydrogen-bond acceptors (Lipinski definition) is 4. The van der Waals surface area contributed by atoms with Gasteiger partial charge in [-0.2, -0.15) is 0 Å². The summed E-state index contributed by atoms with van der Waals surface area (Å²) in [6.07, 6.45) is 0.102. The molecule has 2 amide bonds. The second-order valence-corrected chi connectivity index (χ2v) is 9.53. The molecule has 0 N–H and O–H groups in total. The minimum atomic E-state index is -0.762. The van der Waals surface area contributed by atoms with Crippen LogP contribution in [0.3, 0.4) is 0 Å². The van der Waals surface area contributed by atoms with Gasteiger partial charge in [0.05, 0.1) is 25.3 Å². The first-order chi connectivity index (χ1) is 16.9. The van der Waals surface area contributed by atoms with Gasteiger partial charge in [0, 0.05) is 23.1 Å². The molecule has 0 saturated carbocycles. The first-order valence-corrected chi connectivity index (χ1v) is 12.4. The maximum atomic E-state index is 14.4. The number of carbonyl (C=O) groups is 2. The second kappa shape index (κ2) is 11.4. The van der Waals surface area contributed by atoms with Crippen LogP contribution in [0.15, 0.2) is 66.7 Å². The quantitative estimate of drug-likeness (QED) is 0.421. The van der Waals surface area contributed by atoms with Crippen molar-refractivity contribution in [2.45, 2.75) is 26.3 Å². The van der Waals surface area contributed by atoms with Crippen molar-refractivity contribution in [3.63, 3.8) is 0 Å². The SMILES string of the molecule is Cc1cccc(C)c1N(C(=O)Cc1ccccc1)C(=O)[C@@H](c1ccc(Cl)cc1Cl)N1CCOCC1. The highest BCUT2D eigenvalue weighted by Gasteiger charge is 2.38. The maximum absolute atomic E-state index is 14.4. The molecule has 182 valence electrons. The van der Waals surface area contributed by atoms with Crippen LogP contribution in [0.5, 0.6) is 0 Å². The van der Waals surface area contributed by atoms with Crippen LogP contribution >= 0.6 is 23.2 Å².